The van der Waals surface area contributed by atoms with Crippen molar-refractivity contribution in [3.05, 3.63) is 0 Å². The fourth-order valence-corrected chi connectivity index (χ4v) is 8.06. The van der Waals surface area contributed by atoms with Crippen LogP contribution >= 0.6 is 0 Å². The normalized spacial score (nSPS) is 59.2. The molecule has 0 bridgehead atoms. The molecule has 6 rings (SSSR count). The highest BCUT2D eigenvalue weighted by atomic mass is 16.8. The molecule has 4 heterocycles. The molecule has 0 amide bonds. The largest absolute Gasteiger partial charge is 0.459 e. The maximum Gasteiger partial charge on any atom is 0.342 e. The van der Waals surface area contributed by atoms with E-state index in [1.165, 1.54) is 6.92 Å². The number of hydrogen-bond acceptors (Lipinski definition) is 9. The topological polar surface area (TPSA) is 129 Å². The molecule has 0 aromatic rings. The number of aliphatic hydroxyl groups excluding tert-OH is 1. The van der Waals surface area contributed by atoms with Crippen LogP contribution < -0.4 is 0 Å². The smallest absolute Gasteiger partial charge is 0.342 e. The highest BCUT2D eigenvalue weighted by molar-refractivity contribution is 5.93. The summed E-state index contributed by atoms with van der Waals surface area (Å²) in [4.78, 5) is 38.1. The van der Waals surface area contributed by atoms with Crippen LogP contribution in [-0.4, -0.2) is 63.9 Å². The summed E-state index contributed by atoms with van der Waals surface area (Å²) in [5.74, 6) is -3.52. The second-order valence-electron chi connectivity index (χ2n) is 10.6. The summed E-state index contributed by atoms with van der Waals surface area (Å²) in [7, 11) is 0. The number of esters is 3. The molecule has 9 heteroatoms. The van der Waals surface area contributed by atoms with Gasteiger partial charge in [0.25, 0.3) is 0 Å². The third-order valence-electron chi connectivity index (χ3n) is 8.97. The molecule has 2 saturated carbocycles. The Kier molecular flexibility index (Phi) is 2.79. The lowest BCUT2D eigenvalue weighted by atomic mass is 9.51. The number of ether oxygens (including phenoxy) is 4. The molecule has 0 unspecified atom stereocenters. The van der Waals surface area contributed by atoms with Crippen LogP contribution in [0.25, 0.3) is 0 Å². The van der Waals surface area contributed by atoms with Gasteiger partial charge < -0.3 is 29.2 Å². The molecule has 9 nitrogen and oxygen atoms in total. The Hall–Kier alpha value is -1.71. The molecule has 6 fully saturated rings. The molecule has 158 valence electrons. The van der Waals surface area contributed by atoms with E-state index < -0.39 is 70.5 Å². The van der Waals surface area contributed by atoms with Gasteiger partial charge in [0, 0.05) is 6.42 Å². The monoisotopic (exact) mass is 408 g/mol. The predicted molar refractivity (Wildman–Crippen MR) is 90.6 cm³/mol. The minimum absolute atomic E-state index is 0.0623. The summed E-state index contributed by atoms with van der Waals surface area (Å²) in [6.07, 6.45) is -3.96. The molecule has 0 aromatic carbocycles. The molecule has 0 radical (unpaired) electrons. The van der Waals surface area contributed by atoms with Crippen molar-refractivity contribution in [2.45, 2.75) is 76.3 Å². The first-order valence-corrected chi connectivity index (χ1v) is 10.1. The lowest BCUT2D eigenvalue weighted by Crippen LogP contribution is -2.66. The number of fused-ring (bicyclic) bond motifs is 1. The summed E-state index contributed by atoms with van der Waals surface area (Å²) in [6, 6.07) is 0. The average Bonchev–Trinajstić information content (AvgIpc) is 3.31. The second-order valence-corrected chi connectivity index (χ2v) is 10.6. The molecule has 2 spiro atoms. The molecule has 4 saturated heterocycles. The third-order valence-corrected chi connectivity index (χ3v) is 8.97. The number of rotatable bonds is 0. The number of aliphatic hydroxyl groups is 2. The van der Waals surface area contributed by atoms with Gasteiger partial charge in [-0.15, -0.1) is 0 Å². The maximum absolute atomic E-state index is 13.3. The van der Waals surface area contributed by atoms with Crippen LogP contribution in [0.3, 0.4) is 0 Å². The van der Waals surface area contributed by atoms with E-state index in [1.807, 2.05) is 20.8 Å². The maximum atomic E-state index is 13.3. The summed E-state index contributed by atoms with van der Waals surface area (Å²) in [5.41, 5.74) is -6.81. The Balaban J connectivity index is 1.68. The SMILES string of the molecule is C[C@@H]1C(=O)O[C@@H]2C[C@@]34[C@H]5C[C@@H](C(C)(C)C)[C@@]36[C@@H](OC(=O)[C@@H]6O)O[C@]4(C(=O)O5)[C@@]12O. The zero-order chi connectivity index (χ0) is 20.9. The minimum Gasteiger partial charge on any atom is -0.459 e. The second kappa shape index (κ2) is 4.48. The highest BCUT2D eigenvalue weighted by Gasteiger charge is 3.01. The Morgan fingerprint density at radius 2 is 1.72 bits per heavy atom. The van der Waals surface area contributed by atoms with Gasteiger partial charge in [0.05, 0.1) is 16.7 Å². The summed E-state index contributed by atoms with van der Waals surface area (Å²) < 4.78 is 22.9. The van der Waals surface area contributed by atoms with Crippen molar-refractivity contribution in [1.82, 2.24) is 0 Å². The lowest BCUT2D eigenvalue weighted by molar-refractivity contribution is -0.238. The van der Waals surface area contributed by atoms with Gasteiger partial charge in [0.2, 0.25) is 11.9 Å². The van der Waals surface area contributed by atoms with Crippen molar-refractivity contribution < 1.29 is 43.5 Å². The van der Waals surface area contributed by atoms with E-state index in [0.717, 1.165) is 0 Å². The summed E-state index contributed by atoms with van der Waals surface area (Å²) >= 11 is 0. The van der Waals surface area contributed by atoms with Crippen LogP contribution in [-0.2, 0) is 33.3 Å². The molecule has 10 atom stereocenters. The van der Waals surface area contributed by atoms with Crippen LogP contribution in [0.5, 0.6) is 0 Å². The first-order chi connectivity index (χ1) is 13.4. The van der Waals surface area contributed by atoms with E-state index in [4.69, 9.17) is 18.9 Å². The van der Waals surface area contributed by atoms with Crippen LogP contribution in [0.1, 0.15) is 40.5 Å². The average molecular weight is 408 g/mol. The third kappa shape index (κ3) is 1.35. The molecule has 6 aliphatic rings. The Bertz CT molecular complexity index is 893. The van der Waals surface area contributed by atoms with E-state index in [9.17, 15) is 24.6 Å². The Morgan fingerprint density at radius 1 is 1.03 bits per heavy atom. The molecule has 0 aromatic heterocycles. The van der Waals surface area contributed by atoms with Crippen molar-refractivity contribution in [2.75, 3.05) is 0 Å². The van der Waals surface area contributed by atoms with Crippen LogP contribution in [0.15, 0.2) is 0 Å². The van der Waals surface area contributed by atoms with Crippen molar-refractivity contribution in [3.63, 3.8) is 0 Å². The summed E-state index contributed by atoms with van der Waals surface area (Å²) in [5, 5.41) is 23.0. The minimum atomic E-state index is -1.97. The van der Waals surface area contributed by atoms with Crippen molar-refractivity contribution >= 4 is 17.9 Å². The van der Waals surface area contributed by atoms with Gasteiger partial charge in [0.1, 0.15) is 12.2 Å². The molecule has 2 N–H and O–H groups in total. The zero-order valence-corrected chi connectivity index (χ0v) is 16.6. The quantitative estimate of drug-likeness (QED) is 0.408. The van der Waals surface area contributed by atoms with Crippen molar-refractivity contribution in [1.29, 1.82) is 0 Å². The van der Waals surface area contributed by atoms with E-state index in [-0.39, 0.29) is 17.8 Å². The molecule has 4 aliphatic heterocycles. The van der Waals surface area contributed by atoms with Gasteiger partial charge in [-0.2, -0.15) is 0 Å². The van der Waals surface area contributed by atoms with Crippen molar-refractivity contribution in [3.8, 4) is 0 Å². The van der Waals surface area contributed by atoms with Crippen molar-refractivity contribution in [2.24, 2.45) is 28.1 Å². The molecular weight excluding hydrogens is 384 g/mol. The number of hydrogen-bond donors (Lipinski definition) is 2. The Labute approximate surface area is 166 Å². The first kappa shape index (κ1) is 18.1. The van der Waals surface area contributed by atoms with Crippen LogP contribution in [0, 0.1) is 28.1 Å². The first-order valence-electron chi connectivity index (χ1n) is 10.1. The lowest BCUT2D eigenvalue weighted by Gasteiger charge is -2.46. The fraction of sp³-hybridized carbons (Fsp3) is 0.850. The predicted octanol–water partition coefficient (Wildman–Crippen LogP) is -0.340. The molecule has 29 heavy (non-hydrogen) atoms. The van der Waals surface area contributed by atoms with E-state index in [0.29, 0.717) is 6.42 Å². The van der Waals surface area contributed by atoms with Gasteiger partial charge in [-0.3, -0.25) is 4.79 Å². The Morgan fingerprint density at radius 3 is 2.38 bits per heavy atom. The number of carbonyl (C=O) groups is 3. The van der Waals surface area contributed by atoms with Gasteiger partial charge in [-0.05, 0) is 24.7 Å². The fourth-order valence-electron chi connectivity index (χ4n) is 8.06. The summed E-state index contributed by atoms with van der Waals surface area (Å²) in [6.45, 7) is 7.47. The molecular formula is C20H24O9. The molecule has 2 aliphatic carbocycles. The van der Waals surface area contributed by atoms with E-state index >= 15 is 0 Å². The van der Waals surface area contributed by atoms with Gasteiger partial charge in [0.15, 0.2) is 11.7 Å². The van der Waals surface area contributed by atoms with Gasteiger partial charge in [-0.25, -0.2) is 9.59 Å². The van der Waals surface area contributed by atoms with E-state index in [1.54, 1.807) is 0 Å². The number of carbonyl (C=O) groups excluding carboxylic acids is 3. The van der Waals surface area contributed by atoms with Crippen LogP contribution in [0.4, 0.5) is 0 Å². The van der Waals surface area contributed by atoms with E-state index in [2.05, 4.69) is 0 Å². The standard InChI is InChI=1S/C20H24O9/c1-7-12(22)26-10-6-17-9-5-8(16(2,3)4)18(17)11(21)13(23)28-15(18)29-20(17,14(24)27-9)19(7,10)25/h7-11,15,21,25H,5-6H2,1-4H3/t7-,8+,9-,10-,11+,15+,17-,18-,19-,20+/m1/s1. The van der Waals surface area contributed by atoms with Gasteiger partial charge >= 0.3 is 17.9 Å². The highest BCUT2D eigenvalue weighted by Crippen LogP contribution is 2.84. The zero-order valence-electron chi connectivity index (χ0n) is 16.6. The van der Waals surface area contributed by atoms with Crippen LogP contribution in [0.2, 0.25) is 0 Å². The van der Waals surface area contributed by atoms with Gasteiger partial charge in [-0.1, -0.05) is 20.8 Å².